The van der Waals surface area contributed by atoms with Crippen LogP contribution in [0.2, 0.25) is 0 Å². The largest absolute Gasteiger partial charge is 0.390 e. The van der Waals surface area contributed by atoms with E-state index in [0.717, 1.165) is 10.6 Å². The number of aliphatic hydroxyl groups is 2. The van der Waals surface area contributed by atoms with E-state index in [1.165, 1.54) is 0 Å². The highest BCUT2D eigenvalue weighted by Gasteiger charge is 2.42. The zero-order valence-electron chi connectivity index (χ0n) is 8.05. The minimum absolute atomic E-state index is 0.344. The number of nitrogens with zero attached hydrogens (tertiary/aromatic N) is 1. The summed E-state index contributed by atoms with van der Waals surface area (Å²) in [7, 11) is -3.62. The highest BCUT2D eigenvalue weighted by molar-refractivity contribution is 7.88. The van der Waals surface area contributed by atoms with E-state index in [4.69, 9.17) is 0 Å². The Balaban J connectivity index is 2.85. The molecule has 0 radical (unpaired) electrons. The molecular weight excluding hydrogens is 232 g/mol. The van der Waals surface area contributed by atoms with Gasteiger partial charge in [-0.15, -0.1) is 0 Å². The van der Waals surface area contributed by atoms with Crippen molar-refractivity contribution in [3.8, 4) is 0 Å². The highest BCUT2D eigenvalue weighted by atomic mass is 32.2. The lowest BCUT2D eigenvalue weighted by atomic mass is 9.94. The molecule has 1 aliphatic heterocycles. The maximum Gasteiger partial charge on any atom is 0.245 e. The molecule has 3 atom stereocenters. The van der Waals surface area contributed by atoms with Crippen molar-refractivity contribution >= 4 is 10.0 Å². The van der Waals surface area contributed by atoms with Gasteiger partial charge in [0, 0.05) is 13.1 Å². The zero-order chi connectivity index (χ0) is 11.8. The molecule has 0 amide bonds. The number of aliphatic hydroxyl groups excluding tert-OH is 2. The molecule has 8 heteroatoms. The molecule has 15 heavy (non-hydrogen) atoms. The Morgan fingerprint density at radius 1 is 1.33 bits per heavy atom. The summed E-state index contributed by atoms with van der Waals surface area (Å²) in [4.78, 5) is 0. The predicted octanol–water partition coefficient (Wildman–Crippen LogP) is -1.14. The first-order chi connectivity index (χ1) is 6.73. The quantitative estimate of drug-likeness (QED) is 0.645. The van der Waals surface area contributed by atoms with Gasteiger partial charge >= 0.3 is 0 Å². The van der Waals surface area contributed by atoms with Crippen LogP contribution in [0, 0.1) is 5.92 Å². The lowest BCUT2D eigenvalue weighted by Gasteiger charge is -2.37. The third-order valence-electron chi connectivity index (χ3n) is 2.43. The van der Waals surface area contributed by atoms with E-state index in [-0.39, 0.29) is 6.54 Å². The third-order valence-corrected chi connectivity index (χ3v) is 3.67. The number of alkyl halides is 2. The van der Waals surface area contributed by atoms with Crippen LogP contribution < -0.4 is 0 Å². The lowest BCUT2D eigenvalue weighted by Crippen LogP contribution is -2.55. The van der Waals surface area contributed by atoms with E-state index < -0.39 is 41.1 Å². The fourth-order valence-corrected chi connectivity index (χ4v) is 2.39. The van der Waals surface area contributed by atoms with Gasteiger partial charge in [0.15, 0.2) is 0 Å². The summed E-state index contributed by atoms with van der Waals surface area (Å²) in [6, 6.07) is 0. The van der Waals surface area contributed by atoms with Crippen molar-refractivity contribution in [1.82, 2.24) is 4.31 Å². The molecule has 1 fully saturated rings. The number of rotatable bonds is 2. The lowest BCUT2D eigenvalue weighted by molar-refractivity contribution is -0.101. The van der Waals surface area contributed by atoms with Crippen LogP contribution in [0.1, 0.15) is 0 Å². The summed E-state index contributed by atoms with van der Waals surface area (Å²) < 4.78 is 47.8. The molecule has 1 aliphatic rings. The Kier molecular flexibility index (Phi) is 3.64. The Hall–Kier alpha value is -0.310. The van der Waals surface area contributed by atoms with Crippen molar-refractivity contribution in [2.75, 3.05) is 19.3 Å². The minimum Gasteiger partial charge on any atom is -0.390 e. The monoisotopic (exact) mass is 245 g/mol. The number of hydrogen-bond acceptors (Lipinski definition) is 4. The average Bonchev–Trinajstić information content (AvgIpc) is 2.06. The molecule has 5 nitrogen and oxygen atoms in total. The second-order valence-corrected chi connectivity index (χ2v) is 5.62. The molecule has 2 N–H and O–H groups in total. The topological polar surface area (TPSA) is 77.8 Å². The van der Waals surface area contributed by atoms with Crippen molar-refractivity contribution in [3.05, 3.63) is 0 Å². The molecule has 0 aromatic heterocycles. The van der Waals surface area contributed by atoms with E-state index in [9.17, 15) is 27.4 Å². The van der Waals surface area contributed by atoms with Crippen molar-refractivity contribution in [3.63, 3.8) is 0 Å². The van der Waals surface area contributed by atoms with Gasteiger partial charge in [-0.2, -0.15) is 4.31 Å². The van der Waals surface area contributed by atoms with E-state index in [0.29, 0.717) is 0 Å². The van der Waals surface area contributed by atoms with Gasteiger partial charge in [0.25, 0.3) is 0 Å². The molecule has 0 aromatic rings. The number of β-amino-alcohol motifs (C(OH)–C–C–N with tert-alkyl or cyclic N) is 1. The van der Waals surface area contributed by atoms with Crippen molar-refractivity contribution in [1.29, 1.82) is 0 Å². The standard InChI is InChI=1S/C7H13F2NO4S/c1-15(13,14)10-2-4(7(8)9)6(12)5(11)3-10/h4-7,11-12H,2-3H2,1H3/t4-,5+,6+/m0/s1. The second kappa shape index (κ2) is 4.28. The molecule has 0 aromatic carbocycles. The fraction of sp³-hybridized carbons (Fsp3) is 1.00. The summed E-state index contributed by atoms with van der Waals surface area (Å²) in [5.41, 5.74) is 0. The summed E-state index contributed by atoms with van der Waals surface area (Å²) in [5, 5.41) is 18.5. The molecule has 1 heterocycles. The molecule has 0 aliphatic carbocycles. The second-order valence-electron chi connectivity index (χ2n) is 3.64. The van der Waals surface area contributed by atoms with Gasteiger partial charge in [0.1, 0.15) is 0 Å². The van der Waals surface area contributed by atoms with Crippen LogP contribution in [-0.4, -0.2) is 60.9 Å². The first-order valence-corrected chi connectivity index (χ1v) is 6.17. The van der Waals surface area contributed by atoms with Crippen LogP contribution in [0.4, 0.5) is 8.78 Å². The van der Waals surface area contributed by atoms with Gasteiger partial charge in [-0.05, 0) is 0 Å². The molecule has 1 saturated heterocycles. The average molecular weight is 245 g/mol. The maximum atomic E-state index is 12.4. The fourth-order valence-electron chi connectivity index (χ4n) is 1.52. The summed E-state index contributed by atoms with van der Waals surface area (Å²) in [6.07, 6.45) is -5.03. The summed E-state index contributed by atoms with van der Waals surface area (Å²) in [5.74, 6) is -1.54. The number of hydrogen-bond donors (Lipinski definition) is 2. The molecule has 0 unspecified atom stereocenters. The Morgan fingerprint density at radius 3 is 2.27 bits per heavy atom. The Morgan fingerprint density at radius 2 is 1.87 bits per heavy atom. The Bertz CT molecular complexity index is 321. The third kappa shape index (κ3) is 2.83. The van der Waals surface area contributed by atoms with E-state index in [2.05, 4.69) is 0 Å². The predicted molar refractivity (Wildman–Crippen MR) is 47.9 cm³/mol. The minimum atomic E-state index is -3.62. The van der Waals surface area contributed by atoms with Crippen molar-refractivity contribution in [2.45, 2.75) is 18.6 Å². The molecule has 0 bridgehead atoms. The molecule has 0 spiro atoms. The van der Waals surface area contributed by atoms with Gasteiger partial charge in [0.2, 0.25) is 16.4 Å². The smallest absolute Gasteiger partial charge is 0.245 e. The molecular formula is C7H13F2NO4S. The van der Waals surface area contributed by atoms with Crippen LogP contribution >= 0.6 is 0 Å². The first-order valence-electron chi connectivity index (χ1n) is 4.33. The van der Waals surface area contributed by atoms with E-state index >= 15 is 0 Å². The highest BCUT2D eigenvalue weighted by Crippen LogP contribution is 2.24. The van der Waals surface area contributed by atoms with Crippen LogP contribution in [0.15, 0.2) is 0 Å². The number of sulfonamides is 1. The van der Waals surface area contributed by atoms with E-state index in [1.807, 2.05) is 0 Å². The van der Waals surface area contributed by atoms with Crippen LogP contribution in [0.25, 0.3) is 0 Å². The normalized spacial score (nSPS) is 34.7. The van der Waals surface area contributed by atoms with Crippen LogP contribution in [0.3, 0.4) is 0 Å². The number of halogens is 2. The van der Waals surface area contributed by atoms with Gasteiger partial charge in [-0.1, -0.05) is 0 Å². The SMILES string of the molecule is CS(=O)(=O)N1C[C@@H](O)[C@H](O)[C@@H](C(F)F)C1. The van der Waals surface area contributed by atoms with Crippen molar-refractivity contribution in [2.24, 2.45) is 5.92 Å². The zero-order valence-corrected chi connectivity index (χ0v) is 8.86. The van der Waals surface area contributed by atoms with Gasteiger partial charge in [-0.25, -0.2) is 17.2 Å². The van der Waals surface area contributed by atoms with Gasteiger partial charge in [0.05, 0.1) is 24.4 Å². The molecule has 0 saturated carbocycles. The summed E-state index contributed by atoms with van der Waals surface area (Å²) in [6.45, 7) is -0.808. The number of piperidine rings is 1. The van der Waals surface area contributed by atoms with E-state index in [1.54, 1.807) is 0 Å². The van der Waals surface area contributed by atoms with Gasteiger partial charge < -0.3 is 10.2 Å². The van der Waals surface area contributed by atoms with Gasteiger partial charge in [-0.3, -0.25) is 0 Å². The molecule has 90 valence electrons. The first kappa shape index (κ1) is 12.8. The van der Waals surface area contributed by atoms with Crippen LogP contribution in [-0.2, 0) is 10.0 Å². The Labute approximate surface area is 86.4 Å². The molecule has 1 rings (SSSR count). The maximum absolute atomic E-state index is 12.4. The summed E-state index contributed by atoms with van der Waals surface area (Å²) >= 11 is 0. The van der Waals surface area contributed by atoms with Crippen molar-refractivity contribution < 1.29 is 27.4 Å². The van der Waals surface area contributed by atoms with Crippen LogP contribution in [0.5, 0.6) is 0 Å².